The molecule has 8 heteroatoms. The Hall–Kier alpha value is -1.93. The molecule has 1 fully saturated rings. The molecule has 1 heterocycles. The SMILES string of the molecule is CN=C(NCC1CCN(CCOC)CC1)N(C)Cc1ccc(OC(F)F)cc1. The molecule has 0 radical (unpaired) electrons. The van der Waals surface area contributed by atoms with Gasteiger partial charge < -0.3 is 24.6 Å². The van der Waals surface area contributed by atoms with Gasteiger partial charge in [0.05, 0.1) is 6.61 Å². The van der Waals surface area contributed by atoms with Crippen LogP contribution in [-0.4, -0.2) is 76.4 Å². The maximum atomic E-state index is 12.2. The highest BCUT2D eigenvalue weighted by Gasteiger charge is 2.19. The van der Waals surface area contributed by atoms with Gasteiger partial charge in [-0.15, -0.1) is 0 Å². The molecule has 0 spiro atoms. The first-order valence-electron chi connectivity index (χ1n) is 9.68. The zero-order valence-corrected chi connectivity index (χ0v) is 17.0. The lowest BCUT2D eigenvalue weighted by Crippen LogP contribution is -2.43. The van der Waals surface area contributed by atoms with E-state index in [2.05, 4.69) is 19.9 Å². The lowest BCUT2D eigenvalue weighted by atomic mass is 9.97. The van der Waals surface area contributed by atoms with Crippen molar-refractivity contribution in [3.8, 4) is 5.75 Å². The number of nitrogens with zero attached hydrogens (tertiary/aromatic N) is 3. The van der Waals surface area contributed by atoms with Crippen LogP contribution >= 0.6 is 0 Å². The molecule has 1 aliphatic heterocycles. The molecule has 28 heavy (non-hydrogen) atoms. The number of benzene rings is 1. The summed E-state index contributed by atoms with van der Waals surface area (Å²) in [5, 5.41) is 3.46. The van der Waals surface area contributed by atoms with E-state index < -0.39 is 6.61 Å². The van der Waals surface area contributed by atoms with E-state index in [4.69, 9.17) is 4.74 Å². The highest BCUT2D eigenvalue weighted by Crippen LogP contribution is 2.17. The molecule has 0 aromatic heterocycles. The van der Waals surface area contributed by atoms with Gasteiger partial charge in [-0.25, -0.2) is 0 Å². The monoisotopic (exact) mass is 398 g/mol. The Morgan fingerprint density at radius 2 is 1.96 bits per heavy atom. The Bertz CT molecular complexity index is 590. The van der Waals surface area contributed by atoms with Gasteiger partial charge in [0.1, 0.15) is 5.75 Å². The van der Waals surface area contributed by atoms with Gasteiger partial charge in [0.15, 0.2) is 5.96 Å². The number of aliphatic imine (C=N–C) groups is 1. The molecule has 0 saturated carbocycles. The van der Waals surface area contributed by atoms with Crippen LogP contribution in [0.5, 0.6) is 5.75 Å². The van der Waals surface area contributed by atoms with Crippen LogP contribution in [0.25, 0.3) is 0 Å². The molecule has 1 aliphatic rings. The van der Waals surface area contributed by atoms with Gasteiger partial charge in [-0.2, -0.15) is 8.78 Å². The quantitative estimate of drug-likeness (QED) is 0.512. The fourth-order valence-corrected chi connectivity index (χ4v) is 3.38. The van der Waals surface area contributed by atoms with Gasteiger partial charge in [0, 0.05) is 40.8 Å². The Balaban J connectivity index is 1.75. The molecule has 1 aromatic carbocycles. The van der Waals surface area contributed by atoms with Crippen molar-refractivity contribution in [1.29, 1.82) is 0 Å². The maximum absolute atomic E-state index is 12.2. The van der Waals surface area contributed by atoms with Crippen molar-refractivity contribution < 1.29 is 18.3 Å². The number of rotatable bonds is 9. The summed E-state index contributed by atoms with van der Waals surface area (Å²) in [5.41, 5.74) is 0.999. The fraction of sp³-hybridized carbons (Fsp3) is 0.650. The Morgan fingerprint density at radius 3 is 2.54 bits per heavy atom. The molecular formula is C20H32F2N4O2. The Labute approximate surface area is 166 Å². The molecule has 0 aliphatic carbocycles. The number of hydrogen-bond donors (Lipinski definition) is 1. The van der Waals surface area contributed by atoms with E-state index >= 15 is 0 Å². The van der Waals surface area contributed by atoms with Gasteiger partial charge in [-0.3, -0.25) is 4.99 Å². The summed E-state index contributed by atoms with van der Waals surface area (Å²) < 4.78 is 34.0. The Morgan fingerprint density at radius 1 is 1.29 bits per heavy atom. The van der Waals surface area contributed by atoms with Crippen molar-refractivity contribution in [1.82, 2.24) is 15.1 Å². The van der Waals surface area contributed by atoms with Crippen LogP contribution in [-0.2, 0) is 11.3 Å². The molecule has 0 unspecified atom stereocenters. The normalized spacial score (nSPS) is 16.4. The molecule has 1 N–H and O–H groups in total. The fourth-order valence-electron chi connectivity index (χ4n) is 3.38. The third-order valence-corrected chi connectivity index (χ3v) is 5.01. The van der Waals surface area contributed by atoms with Crippen LogP contribution in [0.3, 0.4) is 0 Å². The van der Waals surface area contributed by atoms with Crippen LogP contribution < -0.4 is 10.1 Å². The minimum Gasteiger partial charge on any atom is -0.435 e. The zero-order valence-electron chi connectivity index (χ0n) is 17.0. The van der Waals surface area contributed by atoms with Crippen LogP contribution in [0, 0.1) is 5.92 Å². The lowest BCUT2D eigenvalue weighted by molar-refractivity contribution is -0.0498. The Kier molecular flexibility index (Phi) is 9.43. The number of alkyl halides is 2. The van der Waals surface area contributed by atoms with Crippen molar-refractivity contribution in [2.24, 2.45) is 10.9 Å². The number of likely N-dealkylation sites (tertiary alicyclic amines) is 1. The van der Waals surface area contributed by atoms with Crippen molar-refractivity contribution in [2.75, 3.05) is 54.0 Å². The highest BCUT2D eigenvalue weighted by atomic mass is 19.3. The summed E-state index contributed by atoms with van der Waals surface area (Å²) in [6.45, 7) is 2.73. The second kappa shape index (κ2) is 11.8. The first-order valence-corrected chi connectivity index (χ1v) is 9.68. The van der Waals surface area contributed by atoms with Crippen molar-refractivity contribution in [2.45, 2.75) is 26.0 Å². The van der Waals surface area contributed by atoms with Crippen LogP contribution in [0.4, 0.5) is 8.78 Å². The first kappa shape index (κ1) is 22.4. The molecule has 6 nitrogen and oxygen atoms in total. The summed E-state index contributed by atoms with van der Waals surface area (Å²) in [7, 11) is 5.47. The van der Waals surface area contributed by atoms with Crippen molar-refractivity contribution in [3.05, 3.63) is 29.8 Å². The average molecular weight is 398 g/mol. The predicted octanol–water partition coefficient (Wildman–Crippen LogP) is 2.65. The van der Waals surface area contributed by atoms with Gasteiger partial charge >= 0.3 is 6.61 Å². The van der Waals surface area contributed by atoms with Crippen LogP contribution in [0.15, 0.2) is 29.3 Å². The van der Waals surface area contributed by atoms with E-state index in [0.29, 0.717) is 12.5 Å². The number of nitrogens with one attached hydrogen (secondary N) is 1. The van der Waals surface area contributed by atoms with Gasteiger partial charge in [0.25, 0.3) is 0 Å². The number of guanidine groups is 1. The van der Waals surface area contributed by atoms with E-state index in [0.717, 1.165) is 44.3 Å². The molecular weight excluding hydrogens is 366 g/mol. The van der Waals surface area contributed by atoms with E-state index in [1.165, 1.54) is 12.8 Å². The smallest absolute Gasteiger partial charge is 0.387 e. The zero-order chi connectivity index (χ0) is 20.4. The minimum absolute atomic E-state index is 0.167. The molecule has 0 bridgehead atoms. The number of halogens is 2. The maximum Gasteiger partial charge on any atom is 0.387 e. The predicted molar refractivity (Wildman–Crippen MR) is 107 cm³/mol. The third-order valence-electron chi connectivity index (χ3n) is 5.01. The van der Waals surface area contributed by atoms with Crippen molar-refractivity contribution >= 4 is 5.96 Å². The van der Waals surface area contributed by atoms with Gasteiger partial charge in [-0.05, 0) is 49.5 Å². The second-order valence-electron chi connectivity index (χ2n) is 7.08. The number of ether oxygens (including phenoxy) is 2. The second-order valence-corrected chi connectivity index (χ2v) is 7.08. The summed E-state index contributed by atoms with van der Waals surface area (Å²) >= 11 is 0. The summed E-state index contributed by atoms with van der Waals surface area (Å²) in [6, 6.07) is 6.69. The largest absolute Gasteiger partial charge is 0.435 e. The number of methoxy groups -OCH3 is 1. The van der Waals surface area contributed by atoms with E-state index in [1.807, 2.05) is 11.9 Å². The summed E-state index contributed by atoms with van der Waals surface area (Å²) in [4.78, 5) is 8.83. The highest BCUT2D eigenvalue weighted by molar-refractivity contribution is 5.79. The summed E-state index contributed by atoms with van der Waals surface area (Å²) in [6.07, 6.45) is 2.34. The molecule has 158 valence electrons. The van der Waals surface area contributed by atoms with Crippen LogP contribution in [0.1, 0.15) is 18.4 Å². The molecule has 0 amide bonds. The molecule has 1 saturated heterocycles. The first-order chi connectivity index (χ1) is 13.5. The van der Waals surface area contributed by atoms with E-state index in [9.17, 15) is 8.78 Å². The standard InChI is InChI=1S/C20H32F2N4O2/c1-23-20(24-14-16-8-10-26(11-9-16)12-13-27-3)25(2)15-17-4-6-18(7-5-17)28-19(21)22/h4-7,16,19H,8-15H2,1-3H3,(H,23,24). The lowest BCUT2D eigenvalue weighted by Gasteiger charge is -2.32. The molecule has 0 atom stereocenters. The average Bonchev–Trinajstić information content (AvgIpc) is 2.69. The topological polar surface area (TPSA) is 49.3 Å². The van der Waals surface area contributed by atoms with E-state index in [-0.39, 0.29) is 5.75 Å². The number of piperidine rings is 1. The third kappa shape index (κ3) is 7.59. The number of hydrogen-bond acceptors (Lipinski definition) is 4. The minimum atomic E-state index is -2.80. The van der Waals surface area contributed by atoms with E-state index in [1.54, 1.807) is 38.4 Å². The van der Waals surface area contributed by atoms with Crippen molar-refractivity contribution in [3.63, 3.8) is 0 Å². The molecule has 2 rings (SSSR count). The van der Waals surface area contributed by atoms with Gasteiger partial charge in [0.2, 0.25) is 0 Å². The van der Waals surface area contributed by atoms with Gasteiger partial charge in [-0.1, -0.05) is 12.1 Å². The molecule has 1 aromatic rings. The summed E-state index contributed by atoms with van der Waals surface area (Å²) in [5.74, 6) is 1.63. The van der Waals surface area contributed by atoms with Crippen LogP contribution in [0.2, 0.25) is 0 Å².